The van der Waals surface area contributed by atoms with Crippen LogP contribution < -0.4 is 5.32 Å². The zero-order chi connectivity index (χ0) is 11.1. The number of nitrogens with one attached hydrogen (secondary N) is 1. The summed E-state index contributed by atoms with van der Waals surface area (Å²) in [7, 11) is 0. The predicted octanol–water partition coefficient (Wildman–Crippen LogP) is 0.690. The van der Waals surface area contributed by atoms with Gasteiger partial charge in [0.05, 0.1) is 0 Å². The Bertz CT molecular complexity index is 188. The van der Waals surface area contributed by atoms with Crippen LogP contribution in [0.4, 0.5) is 0 Å². The Hall–Kier alpha value is -0.610. The maximum absolute atomic E-state index is 11.3. The quantitative estimate of drug-likeness (QED) is 0.709. The molecule has 0 spiro atoms. The Labute approximate surface area is 91.0 Å². The van der Waals surface area contributed by atoms with Gasteiger partial charge in [-0.05, 0) is 38.5 Å². The smallest absolute Gasteiger partial charge is 0.246 e. The van der Waals surface area contributed by atoms with Gasteiger partial charge in [-0.3, -0.25) is 4.79 Å². The summed E-state index contributed by atoms with van der Waals surface area (Å²) in [4.78, 5) is 11.3. The van der Waals surface area contributed by atoms with Crippen LogP contribution in [0, 0.1) is 5.92 Å². The summed E-state index contributed by atoms with van der Waals surface area (Å²) in [6.07, 6.45) is 3.97. The Kier molecular flexibility index (Phi) is 5.65. The molecule has 0 unspecified atom stereocenters. The molecular weight excluding hydrogens is 194 g/mol. The normalized spacial score (nSPS) is 26.3. The largest absolute Gasteiger partial charge is 0.396 e. The van der Waals surface area contributed by atoms with Crippen molar-refractivity contribution < 1.29 is 14.6 Å². The van der Waals surface area contributed by atoms with Crippen molar-refractivity contribution in [2.75, 3.05) is 19.8 Å². The topological polar surface area (TPSA) is 58.6 Å². The molecule has 0 aromatic heterocycles. The second-order valence-electron chi connectivity index (χ2n) is 4.10. The highest BCUT2D eigenvalue weighted by Crippen LogP contribution is 2.23. The first-order valence-electron chi connectivity index (χ1n) is 5.74. The number of hydrogen-bond donors (Lipinski definition) is 2. The van der Waals surface area contributed by atoms with Crippen LogP contribution in [0.3, 0.4) is 0 Å². The van der Waals surface area contributed by atoms with Crippen molar-refractivity contribution in [1.82, 2.24) is 5.32 Å². The highest BCUT2D eigenvalue weighted by atomic mass is 16.5. The molecule has 4 nitrogen and oxygen atoms in total. The fraction of sp³-hybridized carbons (Fsp3) is 0.909. The lowest BCUT2D eigenvalue weighted by atomic mass is 9.86. The van der Waals surface area contributed by atoms with Crippen molar-refractivity contribution >= 4 is 5.91 Å². The third kappa shape index (κ3) is 4.62. The molecule has 4 heteroatoms. The first-order chi connectivity index (χ1) is 7.26. The van der Waals surface area contributed by atoms with E-state index in [9.17, 15) is 4.79 Å². The number of hydrogen-bond acceptors (Lipinski definition) is 3. The molecule has 0 bridgehead atoms. The monoisotopic (exact) mass is 215 g/mol. The minimum absolute atomic E-state index is 0.0238. The Balaban J connectivity index is 2.15. The highest BCUT2D eigenvalue weighted by Gasteiger charge is 2.21. The molecule has 88 valence electrons. The molecule has 0 heterocycles. The molecule has 1 amide bonds. The molecule has 15 heavy (non-hydrogen) atoms. The maximum atomic E-state index is 11.3. The number of aliphatic hydroxyl groups is 1. The second-order valence-corrected chi connectivity index (χ2v) is 4.10. The Morgan fingerprint density at radius 1 is 1.40 bits per heavy atom. The van der Waals surface area contributed by atoms with Gasteiger partial charge >= 0.3 is 0 Å². The van der Waals surface area contributed by atoms with Crippen molar-refractivity contribution in [1.29, 1.82) is 0 Å². The van der Waals surface area contributed by atoms with Crippen molar-refractivity contribution in [3.63, 3.8) is 0 Å². The summed E-state index contributed by atoms with van der Waals surface area (Å²) in [5.74, 6) is 0.411. The average molecular weight is 215 g/mol. The van der Waals surface area contributed by atoms with E-state index in [-0.39, 0.29) is 25.2 Å². The van der Waals surface area contributed by atoms with Crippen molar-refractivity contribution in [2.24, 2.45) is 5.92 Å². The summed E-state index contributed by atoms with van der Waals surface area (Å²) in [5, 5.41) is 11.9. The van der Waals surface area contributed by atoms with Crippen LogP contribution >= 0.6 is 0 Å². The van der Waals surface area contributed by atoms with Gasteiger partial charge in [0.15, 0.2) is 0 Å². The van der Waals surface area contributed by atoms with Crippen LogP contribution in [-0.4, -0.2) is 36.9 Å². The third-order valence-electron chi connectivity index (χ3n) is 2.91. The van der Waals surface area contributed by atoms with Crippen molar-refractivity contribution in [3.8, 4) is 0 Å². The Morgan fingerprint density at radius 2 is 2.07 bits per heavy atom. The van der Waals surface area contributed by atoms with E-state index in [4.69, 9.17) is 9.84 Å². The van der Waals surface area contributed by atoms with Gasteiger partial charge in [-0.15, -0.1) is 0 Å². The standard InChI is InChI=1S/C11H21NO3/c1-2-15-8-11(14)12-10-5-3-9(7-13)4-6-10/h9-10,13H,2-8H2,1H3,(H,12,14). The SMILES string of the molecule is CCOCC(=O)NC1CCC(CO)CC1. The van der Waals surface area contributed by atoms with Gasteiger partial charge in [0.1, 0.15) is 6.61 Å². The highest BCUT2D eigenvalue weighted by molar-refractivity contribution is 5.77. The molecule has 1 saturated carbocycles. The van der Waals surface area contributed by atoms with Gasteiger partial charge in [0, 0.05) is 19.3 Å². The number of rotatable bonds is 5. The number of ether oxygens (including phenoxy) is 1. The summed E-state index contributed by atoms with van der Waals surface area (Å²) < 4.78 is 5.03. The van der Waals surface area contributed by atoms with E-state index < -0.39 is 0 Å². The zero-order valence-electron chi connectivity index (χ0n) is 9.37. The minimum Gasteiger partial charge on any atom is -0.396 e. The molecule has 1 aliphatic rings. The molecule has 0 atom stereocenters. The van der Waals surface area contributed by atoms with Crippen LogP contribution in [0.5, 0.6) is 0 Å². The minimum atomic E-state index is -0.0238. The van der Waals surface area contributed by atoms with E-state index in [1.165, 1.54) is 0 Å². The van der Waals surface area contributed by atoms with Crippen molar-refractivity contribution in [2.45, 2.75) is 38.6 Å². The van der Waals surface area contributed by atoms with Crippen LogP contribution in [0.2, 0.25) is 0 Å². The lowest BCUT2D eigenvalue weighted by Crippen LogP contribution is -2.39. The van der Waals surface area contributed by atoms with Gasteiger partial charge in [-0.1, -0.05) is 0 Å². The summed E-state index contributed by atoms with van der Waals surface area (Å²) >= 11 is 0. The average Bonchev–Trinajstić information content (AvgIpc) is 2.27. The number of carbonyl (C=O) groups is 1. The Morgan fingerprint density at radius 3 is 2.60 bits per heavy atom. The van der Waals surface area contributed by atoms with Gasteiger partial charge in [0.25, 0.3) is 0 Å². The van der Waals surface area contributed by atoms with Gasteiger partial charge in [-0.25, -0.2) is 0 Å². The number of amides is 1. The number of carbonyl (C=O) groups excluding carboxylic acids is 1. The van der Waals surface area contributed by atoms with Crippen LogP contribution in [0.1, 0.15) is 32.6 Å². The molecule has 1 aliphatic carbocycles. The summed E-state index contributed by atoms with van der Waals surface area (Å²) in [6, 6.07) is 0.278. The van der Waals surface area contributed by atoms with Crippen LogP contribution in [0.15, 0.2) is 0 Å². The summed E-state index contributed by atoms with van der Waals surface area (Å²) in [6.45, 7) is 2.89. The van der Waals surface area contributed by atoms with E-state index in [2.05, 4.69) is 5.32 Å². The second kappa shape index (κ2) is 6.80. The third-order valence-corrected chi connectivity index (χ3v) is 2.91. The van der Waals surface area contributed by atoms with Crippen LogP contribution in [0.25, 0.3) is 0 Å². The fourth-order valence-corrected chi connectivity index (χ4v) is 1.95. The number of aliphatic hydroxyl groups excluding tert-OH is 1. The van der Waals surface area contributed by atoms with Gasteiger partial charge in [-0.2, -0.15) is 0 Å². The molecule has 2 N–H and O–H groups in total. The molecule has 1 fully saturated rings. The molecule has 0 radical (unpaired) electrons. The zero-order valence-corrected chi connectivity index (χ0v) is 9.37. The first-order valence-corrected chi connectivity index (χ1v) is 5.74. The van der Waals surface area contributed by atoms with E-state index in [1.807, 2.05) is 6.92 Å². The van der Waals surface area contributed by atoms with E-state index >= 15 is 0 Å². The summed E-state index contributed by atoms with van der Waals surface area (Å²) in [5.41, 5.74) is 0. The molecule has 0 aromatic carbocycles. The van der Waals surface area contributed by atoms with Gasteiger partial charge < -0.3 is 15.2 Å². The van der Waals surface area contributed by atoms with Crippen molar-refractivity contribution in [3.05, 3.63) is 0 Å². The lowest BCUT2D eigenvalue weighted by Gasteiger charge is -2.27. The molecule has 1 rings (SSSR count). The predicted molar refractivity (Wildman–Crippen MR) is 57.5 cm³/mol. The molecule has 0 saturated heterocycles. The van der Waals surface area contributed by atoms with E-state index in [1.54, 1.807) is 0 Å². The fourth-order valence-electron chi connectivity index (χ4n) is 1.95. The van der Waals surface area contributed by atoms with Gasteiger partial charge in [0.2, 0.25) is 5.91 Å². The van der Waals surface area contributed by atoms with E-state index in [0.717, 1.165) is 25.7 Å². The lowest BCUT2D eigenvalue weighted by molar-refractivity contribution is -0.126. The van der Waals surface area contributed by atoms with E-state index in [0.29, 0.717) is 12.5 Å². The maximum Gasteiger partial charge on any atom is 0.246 e. The van der Waals surface area contributed by atoms with Crippen LogP contribution in [-0.2, 0) is 9.53 Å². The molecular formula is C11H21NO3. The molecule has 0 aromatic rings. The first kappa shape index (κ1) is 12.5. The molecule has 0 aliphatic heterocycles.